The van der Waals surface area contributed by atoms with Gasteiger partial charge in [0.15, 0.2) is 0 Å². The highest BCUT2D eigenvalue weighted by Gasteiger charge is 2.45. The van der Waals surface area contributed by atoms with E-state index in [2.05, 4.69) is 5.16 Å². The molecule has 2 rings (SSSR count). The van der Waals surface area contributed by atoms with Gasteiger partial charge in [0.25, 0.3) is 0 Å². The standard InChI is InChI=1S/C26H40N2O7/c1-16(23(27-31)18-10-9-11-19(13-18)32-6)12-22(29)17(2)24(34-8)21-14-20(33-7)15-28(21)25(30)35-26(3,4)5/h9-11,13,16-17,20-21,24,31H,12,14-15H2,1-8H3/b27-23-/t16-,17-,20+,21-,24+/m0/s1. The van der Waals surface area contributed by atoms with E-state index in [9.17, 15) is 14.8 Å². The summed E-state index contributed by atoms with van der Waals surface area (Å²) in [6.45, 7) is 9.45. The fraction of sp³-hybridized carbons (Fsp3) is 0.654. The predicted octanol–water partition coefficient (Wildman–Crippen LogP) is 4.14. The van der Waals surface area contributed by atoms with Crippen molar-refractivity contribution in [2.45, 2.75) is 71.3 Å². The molecule has 0 spiro atoms. The second-order valence-corrected chi connectivity index (χ2v) is 10.1. The van der Waals surface area contributed by atoms with Gasteiger partial charge in [-0.1, -0.05) is 31.1 Å². The lowest BCUT2D eigenvalue weighted by Gasteiger charge is -2.34. The number of Topliss-reactive ketones (excluding diaryl/α,β-unsaturated/α-hetero) is 1. The second-order valence-electron chi connectivity index (χ2n) is 10.1. The first-order chi connectivity index (χ1) is 16.4. The molecule has 1 aromatic rings. The van der Waals surface area contributed by atoms with Gasteiger partial charge in [-0.25, -0.2) is 4.79 Å². The van der Waals surface area contributed by atoms with Crippen LogP contribution in [0.1, 0.15) is 53.0 Å². The van der Waals surface area contributed by atoms with Gasteiger partial charge in [0, 0.05) is 38.0 Å². The number of benzene rings is 1. The Morgan fingerprint density at radius 2 is 1.89 bits per heavy atom. The van der Waals surface area contributed by atoms with Crippen molar-refractivity contribution in [1.82, 2.24) is 4.90 Å². The summed E-state index contributed by atoms with van der Waals surface area (Å²) in [4.78, 5) is 27.9. The van der Waals surface area contributed by atoms with E-state index in [0.717, 1.165) is 0 Å². The number of ketones is 1. The fourth-order valence-electron chi connectivity index (χ4n) is 4.52. The summed E-state index contributed by atoms with van der Waals surface area (Å²) < 4.78 is 22.2. The SMILES string of the molecule is COc1cccc(/C(=N\O)[C@@H](C)CC(=O)[C@H](C)[C@@H](OC)[C@@H]2C[C@@H](OC)CN2C(=O)OC(C)(C)C)c1. The molecule has 1 saturated heterocycles. The molecule has 0 unspecified atom stereocenters. The summed E-state index contributed by atoms with van der Waals surface area (Å²) in [7, 11) is 4.71. The number of oxime groups is 1. The van der Waals surface area contributed by atoms with Crippen LogP contribution in [-0.4, -0.2) is 79.4 Å². The molecule has 1 aliphatic heterocycles. The van der Waals surface area contributed by atoms with Crippen molar-refractivity contribution in [2.24, 2.45) is 17.0 Å². The van der Waals surface area contributed by atoms with Crippen LogP contribution >= 0.6 is 0 Å². The van der Waals surface area contributed by atoms with Crippen molar-refractivity contribution in [3.63, 3.8) is 0 Å². The average Bonchev–Trinajstić information content (AvgIpc) is 3.23. The number of amides is 1. The van der Waals surface area contributed by atoms with Crippen LogP contribution in [0.3, 0.4) is 0 Å². The molecule has 1 aromatic carbocycles. The lowest BCUT2D eigenvalue weighted by molar-refractivity contribution is -0.129. The number of rotatable bonds is 10. The topological polar surface area (TPSA) is 107 Å². The maximum atomic E-state index is 13.3. The molecule has 1 aliphatic rings. The van der Waals surface area contributed by atoms with Gasteiger partial charge in [-0.15, -0.1) is 0 Å². The van der Waals surface area contributed by atoms with E-state index in [0.29, 0.717) is 30.0 Å². The molecule has 1 fully saturated rings. The maximum absolute atomic E-state index is 13.3. The fourth-order valence-corrected chi connectivity index (χ4v) is 4.52. The molecular weight excluding hydrogens is 452 g/mol. The van der Waals surface area contributed by atoms with Crippen LogP contribution in [0.4, 0.5) is 4.79 Å². The minimum Gasteiger partial charge on any atom is -0.497 e. The molecule has 0 bridgehead atoms. The van der Waals surface area contributed by atoms with Gasteiger partial charge in [-0.3, -0.25) is 9.69 Å². The summed E-state index contributed by atoms with van der Waals surface area (Å²) in [5.41, 5.74) is 0.430. The van der Waals surface area contributed by atoms with E-state index < -0.39 is 23.7 Å². The minimum absolute atomic E-state index is 0.0570. The highest BCUT2D eigenvalue weighted by molar-refractivity contribution is 6.03. The van der Waals surface area contributed by atoms with Gasteiger partial charge >= 0.3 is 6.09 Å². The zero-order valence-electron chi connectivity index (χ0n) is 22.1. The Labute approximate surface area is 208 Å². The van der Waals surface area contributed by atoms with Gasteiger partial charge in [-0.2, -0.15) is 0 Å². The Kier molecular flexibility index (Phi) is 10.1. The summed E-state index contributed by atoms with van der Waals surface area (Å²) >= 11 is 0. The lowest BCUT2D eigenvalue weighted by atomic mass is 9.85. The molecule has 9 heteroatoms. The molecule has 0 aromatic heterocycles. The van der Waals surface area contributed by atoms with E-state index in [1.807, 2.05) is 33.8 Å². The van der Waals surface area contributed by atoms with E-state index in [4.69, 9.17) is 18.9 Å². The van der Waals surface area contributed by atoms with Crippen LogP contribution in [0.2, 0.25) is 0 Å². The van der Waals surface area contributed by atoms with E-state index >= 15 is 0 Å². The van der Waals surface area contributed by atoms with Crippen LogP contribution in [0.15, 0.2) is 29.4 Å². The number of ether oxygens (including phenoxy) is 4. The third-order valence-corrected chi connectivity index (χ3v) is 6.37. The Morgan fingerprint density at radius 3 is 2.43 bits per heavy atom. The maximum Gasteiger partial charge on any atom is 0.410 e. The van der Waals surface area contributed by atoms with Crippen molar-refractivity contribution >= 4 is 17.6 Å². The molecule has 0 aliphatic carbocycles. The molecule has 9 nitrogen and oxygen atoms in total. The normalized spacial score (nSPS) is 21.4. The molecule has 0 radical (unpaired) electrons. The summed E-state index contributed by atoms with van der Waals surface area (Å²) in [6.07, 6.45) is -0.495. The molecule has 1 N–H and O–H groups in total. The number of likely N-dealkylation sites (tertiary alicyclic amines) is 1. The third-order valence-electron chi connectivity index (χ3n) is 6.37. The van der Waals surface area contributed by atoms with E-state index in [1.54, 1.807) is 51.4 Å². The van der Waals surface area contributed by atoms with Crippen LogP contribution in [0, 0.1) is 11.8 Å². The number of methoxy groups -OCH3 is 3. The first-order valence-electron chi connectivity index (χ1n) is 11.9. The Bertz CT molecular complexity index is 896. The predicted molar refractivity (Wildman–Crippen MR) is 132 cm³/mol. The van der Waals surface area contributed by atoms with Gasteiger partial charge in [-0.05, 0) is 39.3 Å². The van der Waals surface area contributed by atoms with Gasteiger partial charge in [0.1, 0.15) is 17.1 Å². The van der Waals surface area contributed by atoms with Crippen molar-refractivity contribution in [3.05, 3.63) is 29.8 Å². The Balaban J connectivity index is 2.18. The highest BCUT2D eigenvalue weighted by Crippen LogP contribution is 2.31. The van der Waals surface area contributed by atoms with Crippen LogP contribution in [0.25, 0.3) is 0 Å². The quantitative estimate of drug-likeness (QED) is 0.297. The minimum atomic E-state index is -0.646. The summed E-state index contributed by atoms with van der Waals surface area (Å²) in [6, 6.07) is 6.79. The zero-order valence-corrected chi connectivity index (χ0v) is 22.1. The number of nitrogens with zero attached hydrogens (tertiary/aromatic N) is 2. The van der Waals surface area contributed by atoms with E-state index in [1.165, 1.54) is 0 Å². The molecule has 1 amide bonds. The molecule has 196 valence electrons. The number of hydrogen-bond acceptors (Lipinski definition) is 8. The van der Waals surface area contributed by atoms with Gasteiger partial charge in [0.05, 0.1) is 37.6 Å². The number of hydrogen-bond donors (Lipinski definition) is 1. The van der Waals surface area contributed by atoms with Gasteiger partial charge < -0.3 is 24.2 Å². The van der Waals surface area contributed by atoms with E-state index in [-0.39, 0.29) is 30.3 Å². The molecule has 35 heavy (non-hydrogen) atoms. The second kappa shape index (κ2) is 12.4. The van der Waals surface area contributed by atoms with Crippen LogP contribution in [0.5, 0.6) is 5.75 Å². The van der Waals surface area contributed by atoms with Crippen molar-refractivity contribution in [3.8, 4) is 5.75 Å². The largest absolute Gasteiger partial charge is 0.497 e. The highest BCUT2D eigenvalue weighted by atomic mass is 16.6. The summed E-state index contributed by atoms with van der Waals surface area (Å²) in [5, 5.41) is 13.1. The zero-order chi connectivity index (χ0) is 26.3. The first-order valence-corrected chi connectivity index (χ1v) is 11.9. The van der Waals surface area contributed by atoms with Crippen LogP contribution < -0.4 is 4.74 Å². The Morgan fingerprint density at radius 1 is 1.20 bits per heavy atom. The Hall–Kier alpha value is -2.65. The molecule has 5 atom stereocenters. The van der Waals surface area contributed by atoms with Crippen molar-refractivity contribution in [2.75, 3.05) is 27.9 Å². The molecular formula is C26H40N2O7. The summed E-state index contributed by atoms with van der Waals surface area (Å²) in [5.74, 6) is -0.292. The lowest BCUT2D eigenvalue weighted by Crippen LogP contribution is -2.49. The monoisotopic (exact) mass is 492 g/mol. The van der Waals surface area contributed by atoms with Crippen LogP contribution in [-0.2, 0) is 19.0 Å². The first kappa shape index (κ1) is 28.6. The molecule has 1 heterocycles. The number of carbonyl (C=O) groups is 2. The average molecular weight is 493 g/mol. The van der Waals surface area contributed by atoms with Crippen molar-refractivity contribution < 1.29 is 33.7 Å². The van der Waals surface area contributed by atoms with Crippen molar-refractivity contribution in [1.29, 1.82) is 0 Å². The number of carbonyl (C=O) groups excluding carboxylic acids is 2. The van der Waals surface area contributed by atoms with Gasteiger partial charge in [0.2, 0.25) is 0 Å². The smallest absolute Gasteiger partial charge is 0.410 e. The molecule has 0 saturated carbocycles. The third kappa shape index (κ3) is 7.41.